The number of esters is 1. The van der Waals surface area contributed by atoms with Gasteiger partial charge in [-0.25, -0.2) is 4.79 Å². The van der Waals surface area contributed by atoms with Gasteiger partial charge in [0.25, 0.3) is 5.19 Å². The lowest BCUT2D eigenvalue weighted by Crippen LogP contribution is -1.98. The van der Waals surface area contributed by atoms with Crippen LogP contribution in [0.3, 0.4) is 0 Å². The maximum absolute atomic E-state index is 11.2. The number of rotatable bonds is 6. The molecule has 0 aliphatic heterocycles. The molecule has 1 aromatic heterocycles. The van der Waals surface area contributed by atoms with E-state index in [1.54, 1.807) is 0 Å². The quantitative estimate of drug-likeness (QED) is 0.584. The molecule has 0 fully saturated rings. The molecule has 0 aromatic carbocycles. The fourth-order valence-electron chi connectivity index (χ4n) is 1.08. The Kier molecular flexibility index (Phi) is 5.55. The lowest BCUT2D eigenvalue weighted by molar-refractivity contribution is 0.0606. The van der Waals surface area contributed by atoms with Gasteiger partial charge in [-0.1, -0.05) is 42.7 Å². The van der Waals surface area contributed by atoms with Crippen LogP contribution in [0, 0.1) is 0 Å². The van der Waals surface area contributed by atoms with Crippen LogP contribution in [-0.2, 0) is 4.74 Å². The third kappa shape index (κ3) is 3.64. The maximum atomic E-state index is 11.2. The van der Waals surface area contributed by atoms with Crippen molar-refractivity contribution in [2.24, 2.45) is 0 Å². The van der Waals surface area contributed by atoms with Gasteiger partial charge >= 0.3 is 5.97 Å². The van der Waals surface area contributed by atoms with Crippen LogP contribution in [0.4, 0.5) is 0 Å². The van der Waals surface area contributed by atoms with Crippen LogP contribution >= 0.6 is 22.9 Å². The Balaban J connectivity index is 2.52. The zero-order valence-electron chi connectivity index (χ0n) is 9.29. The summed E-state index contributed by atoms with van der Waals surface area (Å²) >= 11 is 6.89. The summed E-state index contributed by atoms with van der Waals surface area (Å²) in [7, 11) is 1.31. The molecule has 0 bridgehead atoms. The van der Waals surface area contributed by atoms with Gasteiger partial charge in [-0.15, -0.1) is 0 Å². The Morgan fingerprint density at radius 1 is 1.50 bits per heavy atom. The second-order valence-corrected chi connectivity index (χ2v) is 4.47. The first kappa shape index (κ1) is 13.3. The van der Waals surface area contributed by atoms with Gasteiger partial charge in [0.1, 0.15) is 0 Å². The van der Waals surface area contributed by atoms with E-state index in [1.165, 1.54) is 7.11 Å². The molecule has 0 atom stereocenters. The molecule has 0 spiro atoms. The van der Waals surface area contributed by atoms with Crippen LogP contribution in [0.5, 0.6) is 5.19 Å². The van der Waals surface area contributed by atoms with Gasteiger partial charge in [-0.3, -0.25) is 0 Å². The molecule has 0 saturated heterocycles. The summed E-state index contributed by atoms with van der Waals surface area (Å²) < 4.78 is 9.94. The summed E-state index contributed by atoms with van der Waals surface area (Å²) in [6.07, 6.45) is 3.22. The fourth-order valence-corrected chi connectivity index (χ4v) is 2.15. The van der Waals surface area contributed by atoms with Crippen LogP contribution < -0.4 is 4.74 Å². The molecular formula is C10H14ClNO3S. The standard InChI is InChI=1S/C10H14ClNO3S/c1-3-4-5-6-15-10-12-8(11)7(16-10)9(13)14-2/h3-6H2,1-2H3. The summed E-state index contributed by atoms with van der Waals surface area (Å²) in [5, 5.41) is 0.559. The first-order chi connectivity index (χ1) is 7.69. The van der Waals surface area contributed by atoms with Gasteiger partial charge in [-0.05, 0) is 6.42 Å². The normalized spacial score (nSPS) is 10.2. The van der Waals surface area contributed by atoms with Gasteiger partial charge in [-0.2, -0.15) is 4.98 Å². The summed E-state index contributed by atoms with van der Waals surface area (Å²) in [6.45, 7) is 2.72. The number of hydrogen-bond donors (Lipinski definition) is 0. The molecule has 0 aliphatic rings. The number of thiazole rings is 1. The van der Waals surface area contributed by atoms with Gasteiger partial charge in [0.05, 0.1) is 13.7 Å². The Hall–Kier alpha value is -0.810. The van der Waals surface area contributed by atoms with E-state index in [9.17, 15) is 4.79 Å². The van der Waals surface area contributed by atoms with Crippen LogP contribution in [-0.4, -0.2) is 24.7 Å². The van der Waals surface area contributed by atoms with E-state index in [0.717, 1.165) is 30.6 Å². The van der Waals surface area contributed by atoms with Gasteiger partial charge in [0.15, 0.2) is 10.0 Å². The number of ether oxygens (including phenoxy) is 2. The minimum Gasteiger partial charge on any atom is -0.470 e. The van der Waals surface area contributed by atoms with E-state index in [0.29, 0.717) is 11.8 Å². The molecule has 16 heavy (non-hydrogen) atoms. The highest BCUT2D eigenvalue weighted by Crippen LogP contribution is 2.29. The average molecular weight is 264 g/mol. The van der Waals surface area contributed by atoms with Crippen molar-refractivity contribution in [3.63, 3.8) is 0 Å². The van der Waals surface area contributed by atoms with E-state index in [1.807, 2.05) is 0 Å². The molecule has 0 unspecified atom stereocenters. The van der Waals surface area contributed by atoms with E-state index >= 15 is 0 Å². The predicted molar refractivity (Wildman–Crippen MR) is 63.5 cm³/mol. The molecular weight excluding hydrogens is 250 g/mol. The van der Waals surface area contributed by atoms with Gasteiger partial charge < -0.3 is 9.47 Å². The molecule has 0 N–H and O–H groups in total. The Bertz CT molecular complexity index is 354. The van der Waals surface area contributed by atoms with Crippen LogP contribution in [0.15, 0.2) is 0 Å². The van der Waals surface area contributed by atoms with Crippen molar-refractivity contribution >= 4 is 28.9 Å². The second-order valence-electron chi connectivity index (χ2n) is 3.15. The molecule has 6 heteroatoms. The number of hydrogen-bond acceptors (Lipinski definition) is 5. The first-order valence-electron chi connectivity index (χ1n) is 5.06. The number of unbranched alkanes of at least 4 members (excludes halogenated alkanes) is 2. The lowest BCUT2D eigenvalue weighted by atomic mass is 10.3. The van der Waals surface area contributed by atoms with E-state index in [-0.39, 0.29) is 10.0 Å². The summed E-state index contributed by atoms with van der Waals surface area (Å²) in [6, 6.07) is 0. The van der Waals surface area contributed by atoms with E-state index < -0.39 is 5.97 Å². The van der Waals surface area contributed by atoms with Crippen LogP contribution in [0.25, 0.3) is 0 Å². The van der Waals surface area contributed by atoms with Crippen molar-refractivity contribution in [2.45, 2.75) is 26.2 Å². The summed E-state index contributed by atoms with van der Waals surface area (Å²) in [5.41, 5.74) is 0. The van der Waals surface area contributed by atoms with Crippen molar-refractivity contribution in [3.8, 4) is 5.19 Å². The molecule has 0 radical (unpaired) electrons. The number of carbonyl (C=O) groups is 1. The molecule has 0 amide bonds. The molecule has 90 valence electrons. The van der Waals surface area contributed by atoms with Crippen molar-refractivity contribution in [2.75, 3.05) is 13.7 Å². The highest BCUT2D eigenvalue weighted by molar-refractivity contribution is 7.15. The molecule has 1 rings (SSSR count). The minimum atomic E-state index is -0.481. The topological polar surface area (TPSA) is 48.4 Å². The van der Waals surface area contributed by atoms with Gasteiger partial charge in [0, 0.05) is 0 Å². The molecule has 0 saturated carbocycles. The smallest absolute Gasteiger partial charge is 0.351 e. The van der Waals surface area contributed by atoms with Crippen LogP contribution in [0.1, 0.15) is 35.9 Å². The third-order valence-electron chi connectivity index (χ3n) is 1.91. The molecule has 1 heterocycles. The molecule has 1 aromatic rings. The maximum Gasteiger partial charge on any atom is 0.351 e. The largest absolute Gasteiger partial charge is 0.470 e. The van der Waals surface area contributed by atoms with Crippen molar-refractivity contribution in [1.82, 2.24) is 4.98 Å². The Labute approximate surface area is 104 Å². The van der Waals surface area contributed by atoms with E-state index in [2.05, 4.69) is 16.6 Å². The average Bonchev–Trinajstić information content (AvgIpc) is 2.65. The summed E-state index contributed by atoms with van der Waals surface area (Å²) in [5.74, 6) is -0.481. The first-order valence-corrected chi connectivity index (χ1v) is 6.26. The molecule has 4 nitrogen and oxygen atoms in total. The third-order valence-corrected chi connectivity index (χ3v) is 3.24. The fraction of sp³-hybridized carbons (Fsp3) is 0.600. The zero-order chi connectivity index (χ0) is 12.0. The minimum absolute atomic E-state index is 0.141. The van der Waals surface area contributed by atoms with E-state index in [4.69, 9.17) is 16.3 Å². The molecule has 0 aliphatic carbocycles. The van der Waals surface area contributed by atoms with Crippen molar-refractivity contribution < 1.29 is 14.3 Å². The number of nitrogens with zero attached hydrogens (tertiary/aromatic N) is 1. The van der Waals surface area contributed by atoms with Crippen molar-refractivity contribution in [3.05, 3.63) is 10.0 Å². The Morgan fingerprint density at radius 3 is 2.88 bits per heavy atom. The number of carbonyl (C=O) groups excluding carboxylic acids is 1. The lowest BCUT2D eigenvalue weighted by Gasteiger charge is -1.99. The Morgan fingerprint density at radius 2 is 2.25 bits per heavy atom. The highest BCUT2D eigenvalue weighted by Gasteiger charge is 2.17. The highest BCUT2D eigenvalue weighted by atomic mass is 35.5. The monoisotopic (exact) mass is 263 g/mol. The van der Waals surface area contributed by atoms with Crippen LogP contribution in [0.2, 0.25) is 5.15 Å². The van der Waals surface area contributed by atoms with Gasteiger partial charge in [0.2, 0.25) is 0 Å². The number of halogens is 1. The zero-order valence-corrected chi connectivity index (χ0v) is 10.9. The summed E-state index contributed by atoms with van der Waals surface area (Å²) in [4.78, 5) is 15.5. The SMILES string of the molecule is CCCCCOc1nc(Cl)c(C(=O)OC)s1. The van der Waals surface area contributed by atoms with Crippen molar-refractivity contribution in [1.29, 1.82) is 0 Å². The predicted octanol–water partition coefficient (Wildman–Crippen LogP) is 3.15. The second kappa shape index (κ2) is 6.70. The number of methoxy groups -OCH3 is 1. The number of aromatic nitrogens is 1.